The highest BCUT2D eigenvalue weighted by atomic mass is 35.5. The number of hydrogen-bond acceptors (Lipinski definition) is 3. The molecular formula is C10H18ClNO3S. The molecule has 1 heterocycles. The number of halogens is 1. The van der Waals surface area contributed by atoms with Crippen molar-refractivity contribution in [3.05, 3.63) is 0 Å². The van der Waals surface area contributed by atoms with E-state index in [1.165, 1.54) is 4.31 Å². The molecule has 1 aliphatic heterocycles. The first-order valence-electron chi connectivity index (χ1n) is 5.51. The number of carbonyl (C=O) groups excluding carboxylic acids is 1. The van der Waals surface area contributed by atoms with Crippen LogP contribution in [-0.2, 0) is 14.8 Å². The number of Topliss-reactive ketones (excluding diaryl/α,β-unsaturated/α-hetero) is 1. The Morgan fingerprint density at radius 3 is 2.38 bits per heavy atom. The van der Waals surface area contributed by atoms with Crippen LogP contribution >= 0.6 is 11.6 Å². The van der Waals surface area contributed by atoms with Crippen LogP contribution in [-0.4, -0.2) is 43.2 Å². The number of piperidine rings is 1. The average Bonchev–Trinajstić information content (AvgIpc) is 2.26. The van der Waals surface area contributed by atoms with Gasteiger partial charge in [-0.2, -0.15) is 0 Å². The van der Waals surface area contributed by atoms with Gasteiger partial charge in [0.2, 0.25) is 10.0 Å². The summed E-state index contributed by atoms with van der Waals surface area (Å²) in [5.74, 6) is 0.682. The van der Waals surface area contributed by atoms with Crippen LogP contribution in [0.2, 0.25) is 0 Å². The van der Waals surface area contributed by atoms with Crippen molar-refractivity contribution in [3.63, 3.8) is 0 Å². The van der Waals surface area contributed by atoms with Crippen molar-refractivity contribution >= 4 is 27.4 Å². The Balaban J connectivity index is 2.50. The molecule has 0 spiro atoms. The predicted octanol–water partition coefficient (Wildman–Crippen LogP) is 1.25. The number of rotatable bonds is 5. The number of ketones is 1. The summed E-state index contributed by atoms with van der Waals surface area (Å²) in [5.41, 5.74) is 0. The first kappa shape index (κ1) is 13.9. The van der Waals surface area contributed by atoms with E-state index >= 15 is 0 Å². The Morgan fingerprint density at radius 1 is 1.38 bits per heavy atom. The number of sulfonamides is 1. The van der Waals surface area contributed by atoms with Crippen molar-refractivity contribution < 1.29 is 13.2 Å². The third-order valence-electron chi connectivity index (χ3n) is 2.96. The molecule has 0 aromatic heterocycles. The van der Waals surface area contributed by atoms with Gasteiger partial charge in [0, 0.05) is 24.9 Å². The first-order valence-corrected chi connectivity index (χ1v) is 7.66. The molecule has 16 heavy (non-hydrogen) atoms. The Labute approximate surface area is 102 Å². The minimum absolute atomic E-state index is 0.0412. The van der Waals surface area contributed by atoms with Crippen molar-refractivity contribution in [2.75, 3.05) is 24.7 Å². The highest BCUT2D eigenvalue weighted by Gasteiger charge is 2.28. The van der Waals surface area contributed by atoms with Crippen LogP contribution in [0.25, 0.3) is 0 Å². The van der Waals surface area contributed by atoms with Gasteiger partial charge >= 0.3 is 0 Å². The molecule has 0 atom stereocenters. The highest BCUT2D eigenvalue weighted by Crippen LogP contribution is 2.20. The van der Waals surface area contributed by atoms with E-state index in [2.05, 4.69) is 0 Å². The van der Waals surface area contributed by atoms with Crippen LogP contribution < -0.4 is 0 Å². The maximum Gasteiger partial charge on any atom is 0.214 e. The number of nitrogens with zero attached hydrogens (tertiary/aromatic N) is 1. The van der Waals surface area contributed by atoms with Gasteiger partial charge < -0.3 is 0 Å². The zero-order chi connectivity index (χ0) is 12.2. The van der Waals surface area contributed by atoms with Crippen molar-refractivity contribution in [3.8, 4) is 0 Å². The molecule has 0 amide bonds. The first-order chi connectivity index (χ1) is 7.47. The average molecular weight is 268 g/mol. The van der Waals surface area contributed by atoms with E-state index in [-0.39, 0.29) is 17.5 Å². The van der Waals surface area contributed by atoms with E-state index in [1.54, 1.807) is 6.92 Å². The Kier molecular flexibility index (Phi) is 5.21. The largest absolute Gasteiger partial charge is 0.300 e. The summed E-state index contributed by atoms with van der Waals surface area (Å²) in [6, 6.07) is 0. The van der Waals surface area contributed by atoms with Gasteiger partial charge in [-0.1, -0.05) is 0 Å². The molecule has 0 saturated carbocycles. The molecule has 0 aliphatic carbocycles. The van der Waals surface area contributed by atoms with Crippen molar-refractivity contribution in [1.82, 2.24) is 4.31 Å². The van der Waals surface area contributed by atoms with Gasteiger partial charge in [0.05, 0.1) is 5.75 Å². The minimum atomic E-state index is -3.16. The zero-order valence-electron chi connectivity index (χ0n) is 9.49. The number of hydrogen-bond donors (Lipinski definition) is 0. The topological polar surface area (TPSA) is 54.5 Å². The fourth-order valence-corrected chi connectivity index (χ4v) is 3.73. The second-order valence-corrected chi connectivity index (χ2v) is 6.61. The lowest BCUT2D eigenvalue weighted by Gasteiger charge is -2.29. The summed E-state index contributed by atoms with van der Waals surface area (Å²) in [4.78, 5) is 11.1. The lowest BCUT2D eigenvalue weighted by atomic mass is 9.95. The number of alkyl halides is 1. The zero-order valence-corrected chi connectivity index (χ0v) is 11.1. The molecule has 0 N–H and O–H groups in total. The lowest BCUT2D eigenvalue weighted by Crippen LogP contribution is -2.41. The summed E-state index contributed by atoms with van der Waals surface area (Å²) in [7, 11) is -3.16. The van der Waals surface area contributed by atoms with Gasteiger partial charge in [0.25, 0.3) is 0 Å². The molecule has 1 saturated heterocycles. The second-order valence-electron chi connectivity index (χ2n) is 4.14. The highest BCUT2D eigenvalue weighted by molar-refractivity contribution is 7.89. The van der Waals surface area contributed by atoms with E-state index in [9.17, 15) is 13.2 Å². The van der Waals surface area contributed by atoms with Crippen LogP contribution in [0.5, 0.6) is 0 Å². The molecular weight excluding hydrogens is 250 g/mol. The fraction of sp³-hybridized carbons (Fsp3) is 0.900. The maximum absolute atomic E-state index is 11.8. The summed E-state index contributed by atoms with van der Waals surface area (Å²) >= 11 is 5.48. The molecule has 1 fully saturated rings. The Morgan fingerprint density at radius 2 is 1.94 bits per heavy atom. The Bertz CT molecular complexity index is 334. The monoisotopic (exact) mass is 267 g/mol. The van der Waals surface area contributed by atoms with Gasteiger partial charge in [-0.25, -0.2) is 12.7 Å². The van der Waals surface area contributed by atoms with Gasteiger partial charge in [0.1, 0.15) is 5.78 Å². The number of carbonyl (C=O) groups is 1. The van der Waals surface area contributed by atoms with Crippen LogP contribution in [0.15, 0.2) is 0 Å². The van der Waals surface area contributed by atoms with Crippen LogP contribution in [0, 0.1) is 5.92 Å². The molecule has 1 aliphatic rings. The van der Waals surface area contributed by atoms with E-state index in [0.717, 1.165) is 0 Å². The predicted molar refractivity (Wildman–Crippen MR) is 64.1 cm³/mol. The molecule has 0 radical (unpaired) electrons. The van der Waals surface area contributed by atoms with E-state index in [1.807, 2.05) is 0 Å². The summed E-state index contributed by atoms with van der Waals surface area (Å²) in [6.07, 6.45) is 1.78. The molecule has 94 valence electrons. The van der Waals surface area contributed by atoms with Crippen molar-refractivity contribution in [2.24, 2.45) is 5.92 Å². The van der Waals surface area contributed by atoms with Crippen LogP contribution in [0.1, 0.15) is 26.2 Å². The third kappa shape index (κ3) is 3.71. The molecule has 6 heteroatoms. The lowest BCUT2D eigenvalue weighted by molar-refractivity contribution is -0.121. The van der Waals surface area contributed by atoms with Crippen molar-refractivity contribution in [1.29, 1.82) is 0 Å². The molecule has 0 unspecified atom stereocenters. The molecule has 0 bridgehead atoms. The summed E-state index contributed by atoms with van der Waals surface area (Å²) in [5, 5.41) is 0. The SMILES string of the molecule is CC(=O)C1CCN(S(=O)(=O)CCCCl)CC1. The van der Waals surface area contributed by atoms with E-state index in [0.29, 0.717) is 38.2 Å². The van der Waals surface area contributed by atoms with Gasteiger partial charge in [-0.15, -0.1) is 11.6 Å². The molecule has 0 aromatic rings. The van der Waals surface area contributed by atoms with Gasteiger partial charge in [-0.3, -0.25) is 4.79 Å². The second kappa shape index (κ2) is 5.98. The van der Waals surface area contributed by atoms with Crippen molar-refractivity contribution in [2.45, 2.75) is 26.2 Å². The quantitative estimate of drug-likeness (QED) is 0.705. The molecule has 1 rings (SSSR count). The van der Waals surface area contributed by atoms with Crippen LogP contribution in [0.4, 0.5) is 0 Å². The molecule has 4 nitrogen and oxygen atoms in total. The smallest absolute Gasteiger partial charge is 0.214 e. The van der Waals surface area contributed by atoms with Gasteiger partial charge in [-0.05, 0) is 26.2 Å². The maximum atomic E-state index is 11.8. The Hall–Kier alpha value is -0.130. The standard InChI is InChI=1S/C10H18ClNO3S/c1-9(13)10-3-6-12(7-4-10)16(14,15)8-2-5-11/h10H,2-8H2,1H3. The summed E-state index contributed by atoms with van der Waals surface area (Å²) in [6.45, 7) is 2.51. The molecule has 0 aromatic carbocycles. The third-order valence-corrected chi connectivity index (χ3v) is 5.18. The normalized spacial score (nSPS) is 19.9. The van der Waals surface area contributed by atoms with E-state index < -0.39 is 10.0 Å². The van der Waals surface area contributed by atoms with Gasteiger partial charge in [0.15, 0.2) is 0 Å². The van der Waals surface area contributed by atoms with Crippen LogP contribution in [0.3, 0.4) is 0 Å². The fourth-order valence-electron chi connectivity index (χ4n) is 1.91. The van der Waals surface area contributed by atoms with E-state index in [4.69, 9.17) is 11.6 Å². The summed E-state index contributed by atoms with van der Waals surface area (Å²) < 4.78 is 25.1. The minimum Gasteiger partial charge on any atom is -0.300 e.